The number of nitrogens with zero attached hydrogens (tertiary/aromatic N) is 4. The Morgan fingerprint density at radius 2 is 2.43 bits per heavy atom. The molecule has 2 N–H and O–H groups in total. The van der Waals surface area contributed by atoms with Crippen LogP contribution < -0.4 is 10.6 Å². The molecular weight excluding hydrogens is 270 g/mol. The molecule has 1 saturated heterocycles. The summed E-state index contributed by atoms with van der Waals surface area (Å²) in [6.45, 7) is 2.27. The normalized spacial score (nSPS) is 18.4. The van der Waals surface area contributed by atoms with Gasteiger partial charge >= 0.3 is 0 Å². The Labute approximate surface area is 123 Å². The van der Waals surface area contributed by atoms with Gasteiger partial charge in [-0.1, -0.05) is 5.16 Å². The number of aromatic nitrogens is 3. The van der Waals surface area contributed by atoms with Gasteiger partial charge in [-0.2, -0.15) is 4.98 Å². The molecule has 7 heteroatoms. The molecule has 1 fully saturated rings. The van der Waals surface area contributed by atoms with Crippen LogP contribution in [0.2, 0.25) is 0 Å². The maximum Gasteiger partial charge on any atom is 0.261 e. The number of anilines is 1. The van der Waals surface area contributed by atoms with Crippen molar-refractivity contribution in [1.29, 1.82) is 0 Å². The van der Waals surface area contributed by atoms with Crippen LogP contribution in [0.1, 0.15) is 12.2 Å². The topological polar surface area (TPSA) is 90.3 Å². The van der Waals surface area contributed by atoms with Crippen LogP contribution in [0, 0.1) is 0 Å². The van der Waals surface area contributed by atoms with Crippen molar-refractivity contribution in [2.45, 2.75) is 18.9 Å². The van der Waals surface area contributed by atoms with Gasteiger partial charge in [0.2, 0.25) is 0 Å². The molecule has 0 aromatic carbocycles. The van der Waals surface area contributed by atoms with Gasteiger partial charge in [0.1, 0.15) is 5.82 Å². The van der Waals surface area contributed by atoms with Crippen molar-refractivity contribution in [3.05, 3.63) is 24.2 Å². The molecule has 2 aromatic rings. The van der Waals surface area contributed by atoms with Gasteiger partial charge in [0, 0.05) is 38.9 Å². The lowest BCUT2D eigenvalue weighted by Gasteiger charge is -2.18. The number of hydrogen-bond acceptors (Lipinski definition) is 7. The standard InChI is InChI=1S/C14H19N5O2/c1-20-8-5-12-17-14(21-18-12)11-3-2-6-16-13(11)19-7-4-10(15)9-19/h2-3,6,10H,4-5,7-9,15H2,1H3. The van der Waals surface area contributed by atoms with E-state index in [1.807, 2.05) is 12.1 Å². The third-order valence-corrected chi connectivity index (χ3v) is 3.54. The molecule has 1 aliphatic heterocycles. The minimum absolute atomic E-state index is 0.194. The predicted octanol–water partition coefficient (Wildman–Crippen LogP) is 0.858. The zero-order valence-electron chi connectivity index (χ0n) is 12.0. The van der Waals surface area contributed by atoms with Crippen molar-refractivity contribution in [3.8, 4) is 11.5 Å². The van der Waals surface area contributed by atoms with Crippen LogP contribution in [0.3, 0.4) is 0 Å². The van der Waals surface area contributed by atoms with E-state index >= 15 is 0 Å². The summed E-state index contributed by atoms with van der Waals surface area (Å²) in [5, 5.41) is 3.98. The first-order valence-corrected chi connectivity index (χ1v) is 7.05. The molecule has 112 valence electrons. The molecular formula is C14H19N5O2. The number of ether oxygens (including phenoxy) is 1. The first-order valence-electron chi connectivity index (χ1n) is 7.05. The highest BCUT2D eigenvalue weighted by Gasteiger charge is 2.24. The fraction of sp³-hybridized carbons (Fsp3) is 0.500. The number of nitrogens with two attached hydrogens (primary N) is 1. The lowest BCUT2D eigenvalue weighted by Crippen LogP contribution is -2.27. The molecule has 1 aliphatic rings. The molecule has 0 radical (unpaired) electrons. The lowest BCUT2D eigenvalue weighted by atomic mass is 10.2. The van der Waals surface area contributed by atoms with Crippen LogP contribution in [-0.2, 0) is 11.2 Å². The molecule has 21 heavy (non-hydrogen) atoms. The van der Waals surface area contributed by atoms with Crippen molar-refractivity contribution in [1.82, 2.24) is 15.1 Å². The Morgan fingerprint density at radius 3 is 3.19 bits per heavy atom. The summed E-state index contributed by atoms with van der Waals surface area (Å²) >= 11 is 0. The summed E-state index contributed by atoms with van der Waals surface area (Å²) in [4.78, 5) is 11.0. The van der Waals surface area contributed by atoms with E-state index in [0.29, 0.717) is 24.7 Å². The minimum atomic E-state index is 0.194. The highest BCUT2D eigenvalue weighted by Crippen LogP contribution is 2.29. The lowest BCUT2D eigenvalue weighted by molar-refractivity contribution is 0.199. The smallest absolute Gasteiger partial charge is 0.261 e. The largest absolute Gasteiger partial charge is 0.384 e. The quantitative estimate of drug-likeness (QED) is 0.872. The maximum absolute atomic E-state index is 5.98. The second-order valence-electron chi connectivity index (χ2n) is 5.13. The molecule has 0 amide bonds. The van der Waals surface area contributed by atoms with Gasteiger partial charge in [0.25, 0.3) is 5.89 Å². The van der Waals surface area contributed by atoms with E-state index in [1.165, 1.54) is 0 Å². The van der Waals surface area contributed by atoms with E-state index in [9.17, 15) is 0 Å². The van der Waals surface area contributed by atoms with Crippen molar-refractivity contribution in [2.24, 2.45) is 5.73 Å². The third kappa shape index (κ3) is 3.03. The van der Waals surface area contributed by atoms with Crippen LogP contribution in [0.4, 0.5) is 5.82 Å². The van der Waals surface area contributed by atoms with Crippen LogP contribution in [0.5, 0.6) is 0 Å². The molecule has 2 aromatic heterocycles. The Hall–Kier alpha value is -1.99. The summed E-state index contributed by atoms with van der Waals surface area (Å²) in [7, 11) is 1.65. The summed E-state index contributed by atoms with van der Waals surface area (Å²) in [5.41, 5.74) is 6.83. The molecule has 3 rings (SSSR count). The summed E-state index contributed by atoms with van der Waals surface area (Å²) < 4.78 is 10.4. The predicted molar refractivity (Wildman–Crippen MR) is 77.9 cm³/mol. The van der Waals surface area contributed by atoms with E-state index in [1.54, 1.807) is 13.3 Å². The fourth-order valence-electron chi connectivity index (χ4n) is 2.45. The van der Waals surface area contributed by atoms with Gasteiger partial charge in [0.05, 0.1) is 12.2 Å². The van der Waals surface area contributed by atoms with Gasteiger partial charge in [-0.3, -0.25) is 0 Å². The van der Waals surface area contributed by atoms with Crippen molar-refractivity contribution in [3.63, 3.8) is 0 Å². The molecule has 7 nitrogen and oxygen atoms in total. The van der Waals surface area contributed by atoms with Gasteiger partial charge in [-0.25, -0.2) is 4.98 Å². The average molecular weight is 289 g/mol. The van der Waals surface area contributed by atoms with E-state index in [-0.39, 0.29) is 6.04 Å². The van der Waals surface area contributed by atoms with E-state index < -0.39 is 0 Å². The first kappa shape index (κ1) is 14.0. The highest BCUT2D eigenvalue weighted by atomic mass is 16.5. The molecule has 0 bridgehead atoms. The molecule has 0 aliphatic carbocycles. The third-order valence-electron chi connectivity index (χ3n) is 3.54. The number of rotatable bonds is 5. The summed E-state index contributed by atoms with van der Waals surface area (Å²) in [6.07, 6.45) is 3.37. The Morgan fingerprint density at radius 1 is 1.52 bits per heavy atom. The minimum Gasteiger partial charge on any atom is -0.384 e. The number of pyridine rings is 1. The second-order valence-corrected chi connectivity index (χ2v) is 5.13. The Balaban J connectivity index is 1.86. The molecule has 1 atom stereocenters. The number of hydrogen-bond donors (Lipinski definition) is 1. The van der Waals surface area contributed by atoms with Crippen LogP contribution >= 0.6 is 0 Å². The van der Waals surface area contributed by atoms with E-state index in [2.05, 4.69) is 20.0 Å². The van der Waals surface area contributed by atoms with Crippen molar-refractivity contribution < 1.29 is 9.26 Å². The number of methoxy groups -OCH3 is 1. The van der Waals surface area contributed by atoms with E-state index in [4.69, 9.17) is 15.0 Å². The molecule has 1 unspecified atom stereocenters. The van der Waals surface area contributed by atoms with Gasteiger partial charge in [0.15, 0.2) is 5.82 Å². The zero-order valence-corrected chi connectivity index (χ0v) is 12.0. The zero-order chi connectivity index (χ0) is 14.7. The van der Waals surface area contributed by atoms with Crippen LogP contribution in [-0.4, -0.2) is 48.0 Å². The summed E-state index contributed by atoms with van der Waals surface area (Å²) in [5.74, 6) is 1.98. The molecule has 3 heterocycles. The highest BCUT2D eigenvalue weighted by molar-refractivity contribution is 5.70. The van der Waals surface area contributed by atoms with Crippen molar-refractivity contribution in [2.75, 3.05) is 31.7 Å². The molecule has 0 spiro atoms. The SMILES string of the molecule is COCCc1noc(-c2cccnc2N2CCC(N)C2)n1. The Kier molecular flexibility index (Phi) is 4.12. The first-order chi connectivity index (χ1) is 10.3. The average Bonchev–Trinajstić information content (AvgIpc) is 3.14. The van der Waals surface area contributed by atoms with Gasteiger partial charge in [-0.05, 0) is 18.6 Å². The monoisotopic (exact) mass is 289 g/mol. The molecule has 0 saturated carbocycles. The van der Waals surface area contributed by atoms with E-state index in [0.717, 1.165) is 30.9 Å². The maximum atomic E-state index is 5.98. The Bertz CT molecular complexity index is 601. The fourth-order valence-corrected chi connectivity index (χ4v) is 2.45. The van der Waals surface area contributed by atoms with Gasteiger partial charge < -0.3 is 19.9 Å². The van der Waals surface area contributed by atoms with Crippen LogP contribution in [0.25, 0.3) is 11.5 Å². The van der Waals surface area contributed by atoms with Crippen LogP contribution in [0.15, 0.2) is 22.9 Å². The van der Waals surface area contributed by atoms with Crippen molar-refractivity contribution >= 4 is 5.82 Å². The second kappa shape index (κ2) is 6.19. The summed E-state index contributed by atoms with van der Waals surface area (Å²) in [6, 6.07) is 4.01. The van der Waals surface area contributed by atoms with Gasteiger partial charge in [-0.15, -0.1) is 0 Å².